The van der Waals surface area contributed by atoms with E-state index >= 15 is 0 Å². The molecule has 0 atom stereocenters. The fourth-order valence-corrected chi connectivity index (χ4v) is 1.32. The Morgan fingerprint density at radius 1 is 1.00 bits per heavy atom. The predicted molar refractivity (Wildman–Crippen MR) is 43.5 cm³/mol. The van der Waals surface area contributed by atoms with Gasteiger partial charge < -0.3 is 4.98 Å². The van der Waals surface area contributed by atoms with E-state index in [2.05, 4.69) is 9.97 Å². The third kappa shape index (κ3) is 1.85. The summed E-state index contributed by atoms with van der Waals surface area (Å²) in [6, 6.07) is 0. The molecule has 0 aromatic carbocycles. The molecule has 9 heteroatoms. The number of rotatable bonds is 1. The Balaban J connectivity index is 0.00000162. The molecule has 0 bridgehead atoms. The minimum absolute atomic E-state index is 0. The Labute approximate surface area is 110 Å². The molecule has 18 heavy (non-hydrogen) atoms. The first-order chi connectivity index (χ1) is 7.70. The van der Waals surface area contributed by atoms with Gasteiger partial charge in [0.15, 0.2) is 0 Å². The van der Waals surface area contributed by atoms with Gasteiger partial charge in [-0.15, -0.1) is 5.57 Å². The van der Waals surface area contributed by atoms with Gasteiger partial charge in [0.1, 0.15) is 0 Å². The fraction of sp³-hybridized carbons (Fsp3) is 0.333. The van der Waals surface area contributed by atoms with Gasteiger partial charge in [-0.25, -0.2) is 8.78 Å². The Hall–Kier alpha value is -0.951. The van der Waals surface area contributed by atoms with Crippen molar-refractivity contribution < 1.29 is 46.4 Å². The molecule has 1 aliphatic rings. The zero-order valence-corrected chi connectivity index (χ0v) is 10.6. The fourth-order valence-electron chi connectivity index (χ4n) is 1.32. The summed E-state index contributed by atoms with van der Waals surface area (Å²) in [7, 11) is 0. The largest absolute Gasteiger partial charge is 0.360 e. The van der Waals surface area contributed by atoms with Gasteiger partial charge in [0.05, 0.1) is 0 Å². The van der Waals surface area contributed by atoms with Crippen molar-refractivity contribution in [2.24, 2.45) is 0 Å². The number of hydrogen-bond donors (Lipinski definition) is 0. The van der Waals surface area contributed by atoms with E-state index in [9.17, 15) is 26.3 Å². The molecule has 0 aliphatic heterocycles. The van der Waals surface area contributed by atoms with Crippen LogP contribution in [0.3, 0.4) is 0 Å². The third-order valence-electron chi connectivity index (χ3n) is 2.20. The second kappa shape index (κ2) is 4.31. The van der Waals surface area contributed by atoms with Crippen molar-refractivity contribution >= 4 is 5.57 Å². The monoisotopic (exact) mass is 446 g/mol. The maximum atomic E-state index is 13.2. The van der Waals surface area contributed by atoms with Crippen LogP contribution in [-0.4, -0.2) is 27.7 Å². The zero-order valence-electron chi connectivity index (χ0n) is 8.23. The first kappa shape index (κ1) is 15.1. The summed E-state index contributed by atoms with van der Waals surface area (Å²) in [4.78, 5) is 6.62. The molecule has 0 fully saturated rings. The van der Waals surface area contributed by atoms with Crippen LogP contribution in [-0.2, 0) is 20.1 Å². The molecule has 1 radical (unpaired) electrons. The second-order valence-corrected chi connectivity index (χ2v) is 3.31. The third-order valence-corrected chi connectivity index (χ3v) is 2.20. The van der Waals surface area contributed by atoms with E-state index in [0.717, 1.165) is 18.5 Å². The first-order valence-electron chi connectivity index (χ1n) is 4.25. The number of halogens is 6. The quantitative estimate of drug-likeness (QED) is 0.491. The van der Waals surface area contributed by atoms with Crippen LogP contribution >= 0.6 is 0 Å². The maximum Gasteiger partial charge on any atom is 0.360 e. The summed E-state index contributed by atoms with van der Waals surface area (Å²) in [5.41, 5.74) is -2.39. The van der Waals surface area contributed by atoms with Crippen molar-refractivity contribution in [3.8, 4) is 0 Å². The Kier molecular flexibility index (Phi) is 3.62. The van der Waals surface area contributed by atoms with Crippen molar-refractivity contribution in [1.82, 2.24) is 9.97 Å². The van der Waals surface area contributed by atoms with E-state index in [1.165, 1.54) is 0 Å². The molecule has 1 aromatic heterocycles. The van der Waals surface area contributed by atoms with E-state index in [-0.39, 0.29) is 20.1 Å². The first-order valence-corrected chi connectivity index (χ1v) is 4.25. The zero-order chi connectivity index (χ0) is 12.9. The van der Waals surface area contributed by atoms with Crippen molar-refractivity contribution in [3.63, 3.8) is 0 Å². The van der Waals surface area contributed by atoms with Gasteiger partial charge in [-0.05, 0) is 6.20 Å². The molecule has 0 saturated heterocycles. The van der Waals surface area contributed by atoms with Crippen LogP contribution in [0.2, 0.25) is 0 Å². The molecule has 0 N–H and O–H groups in total. The molecular formula is C9H3F6IrN2-. The van der Waals surface area contributed by atoms with Gasteiger partial charge in [0, 0.05) is 32.5 Å². The van der Waals surface area contributed by atoms with Gasteiger partial charge >= 0.3 is 11.8 Å². The van der Waals surface area contributed by atoms with Crippen LogP contribution in [0.5, 0.6) is 0 Å². The number of alkyl halides is 6. The van der Waals surface area contributed by atoms with E-state index < -0.39 is 29.0 Å². The number of aromatic nitrogens is 2. The van der Waals surface area contributed by atoms with Crippen LogP contribution in [0.25, 0.3) is 5.57 Å². The number of allylic oxidation sites excluding steroid dienone is 2. The molecule has 0 amide bonds. The predicted octanol–water partition coefficient (Wildman–Crippen LogP) is 2.58. The molecule has 101 valence electrons. The second-order valence-electron chi connectivity index (χ2n) is 3.31. The van der Waals surface area contributed by atoms with Gasteiger partial charge in [-0.2, -0.15) is 23.6 Å². The number of nitrogens with zero attached hydrogens (tertiary/aromatic N) is 2. The summed E-state index contributed by atoms with van der Waals surface area (Å²) in [5.74, 6) is -15.6. The van der Waals surface area contributed by atoms with Gasteiger partial charge in [-0.3, -0.25) is 4.98 Å². The Morgan fingerprint density at radius 3 is 2.00 bits per heavy atom. The minimum atomic E-state index is -5.52. The summed E-state index contributed by atoms with van der Waals surface area (Å²) < 4.78 is 77.4. The van der Waals surface area contributed by atoms with Crippen molar-refractivity contribution in [3.05, 3.63) is 30.4 Å². The molecule has 1 heterocycles. The smallest absolute Gasteiger partial charge is 0.348 e. The molecule has 0 unspecified atom stereocenters. The molecule has 2 rings (SSSR count). The van der Waals surface area contributed by atoms with Crippen LogP contribution in [0, 0.1) is 6.08 Å². The molecule has 2 nitrogen and oxygen atoms in total. The summed E-state index contributed by atoms with van der Waals surface area (Å²) >= 11 is 0. The summed E-state index contributed by atoms with van der Waals surface area (Å²) in [5, 5.41) is 0. The number of hydrogen-bond acceptors (Lipinski definition) is 2. The minimum Gasteiger partial charge on any atom is -0.348 e. The van der Waals surface area contributed by atoms with Crippen LogP contribution < -0.4 is 0 Å². The van der Waals surface area contributed by atoms with E-state index in [1.807, 2.05) is 0 Å². The molecule has 0 spiro atoms. The van der Waals surface area contributed by atoms with E-state index in [4.69, 9.17) is 0 Å². The van der Waals surface area contributed by atoms with Crippen LogP contribution in [0.1, 0.15) is 5.69 Å². The van der Waals surface area contributed by atoms with E-state index in [0.29, 0.717) is 6.20 Å². The SMILES string of the molecule is FC1(F)[C-]=C(c2cnccn2)C(F)(F)C1(F)F.[Ir]. The summed E-state index contributed by atoms with van der Waals surface area (Å²) in [6.45, 7) is 0. The van der Waals surface area contributed by atoms with Crippen molar-refractivity contribution in [1.29, 1.82) is 0 Å². The Bertz CT molecular complexity index is 473. The van der Waals surface area contributed by atoms with Crippen LogP contribution in [0.15, 0.2) is 18.6 Å². The Morgan fingerprint density at radius 2 is 1.61 bits per heavy atom. The molecule has 0 saturated carbocycles. The van der Waals surface area contributed by atoms with Gasteiger partial charge in [0.2, 0.25) is 0 Å². The summed E-state index contributed by atoms with van der Waals surface area (Å²) in [6.07, 6.45) is 3.51. The van der Waals surface area contributed by atoms with Gasteiger partial charge in [0.25, 0.3) is 5.92 Å². The van der Waals surface area contributed by atoms with Gasteiger partial charge in [-0.1, -0.05) is 5.69 Å². The average molecular weight is 445 g/mol. The molecule has 1 aromatic rings. The normalized spacial score (nSPS) is 23.1. The van der Waals surface area contributed by atoms with Crippen LogP contribution in [0.4, 0.5) is 26.3 Å². The standard InChI is InChI=1S/C9H3F6N2.Ir/c10-7(11)3-5(6-4-16-1-2-17-6)8(12,13)9(7,14)15;/h1-2,4H;/q-1;. The molecular weight excluding hydrogens is 442 g/mol. The molecule has 1 aliphatic carbocycles. The average Bonchev–Trinajstić information content (AvgIpc) is 2.37. The topological polar surface area (TPSA) is 25.8 Å². The maximum absolute atomic E-state index is 13.2. The van der Waals surface area contributed by atoms with Crippen molar-refractivity contribution in [2.45, 2.75) is 17.8 Å². The van der Waals surface area contributed by atoms with E-state index in [1.54, 1.807) is 0 Å². The van der Waals surface area contributed by atoms with Crippen molar-refractivity contribution in [2.75, 3.05) is 0 Å².